The average Bonchev–Trinajstić information content (AvgIpc) is 2.35. The lowest BCUT2D eigenvalue weighted by atomic mass is 9.85. The smallest absolute Gasteiger partial charge is 0.124 e. The first-order valence-corrected chi connectivity index (χ1v) is 6.95. The van der Waals surface area contributed by atoms with Crippen molar-refractivity contribution in [2.75, 3.05) is 14.2 Å². The summed E-state index contributed by atoms with van der Waals surface area (Å²) in [6, 6.07) is 6.40. The maximum absolute atomic E-state index is 6.14. The highest BCUT2D eigenvalue weighted by Gasteiger charge is 2.30. The lowest BCUT2D eigenvalue weighted by Crippen LogP contribution is -2.33. The van der Waals surface area contributed by atoms with Crippen LogP contribution in [0.15, 0.2) is 18.2 Å². The number of ether oxygens (including phenoxy) is 2. The summed E-state index contributed by atoms with van der Waals surface area (Å²) in [5, 5.41) is 3.39. The Hall–Kier alpha value is -1.22. The molecule has 19 heavy (non-hydrogen) atoms. The molecule has 106 valence electrons. The largest absolute Gasteiger partial charge is 0.497 e. The molecule has 0 bridgehead atoms. The van der Waals surface area contributed by atoms with E-state index in [9.17, 15) is 0 Å². The van der Waals surface area contributed by atoms with Gasteiger partial charge in [-0.15, -0.1) is 0 Å². The molecule has 0 fully saturated rings. The lowest BCUT2D eigenvalue weighted by Gasteiger charge is -2.35. The summed E-state index contributed by atoms with van der Waals surface area (Å²) in [6.07, 6.45) is 2.35. The first-order chi connectivity index (χ1) is 8.93. The highest BCUT2D eigenvalue weighted by atomic mass is 16.5. The summed E-state index contributed by atoms with van der Waals surface area (Å²) in [6.45, 7) is 6.77. The van der Waals surface area contributed by atoms with Crippen molar-refractivity contribution >= 4 is 0 Å². The molecule has 1 aromatic rings. The van der Waals surface area contributed by atoms with E-state index in [-0.39, 0.29) is 11.5 Å². The molecule has 1 heterocycles. The van der Waals surface area contributed by atoms with E-state index in [1.54, 1.807) is 7.11 Å². The topological polar surface area (TPSA) is 30.5 Å². The molecule has 1 aliphatic rings. The van der Waals surface area contributed by atoms with E-state index in [2.05, 4.69) is 32.2 Å². The number of methoxy groups -OCH3 is 1. The van der Waals surface area contributed by atoms with Crippen LogP contribution in [-0.2, 0) is 0 Å². The van der Waals surface area contributed by atoms with E-state index < -0.39 is 0 Å². The van der Waals surface area contributed by atoms with Crippen molar-refractivity contribution in [1.82, 2.24) is 5.32 Å². The van der Waals surface area contributed by atoms with Gasteiger partial charge in [0.1, 0.15) is 17.6 Å². The van der Waals surface area contributed by atoms with Crippen LogP contribution in [0.2, 0.25) is 0 Å². The fourth-order valence-corrected chi connectivity index (χ4v) is 2.73. The highest BCUT2D eigenvalue weighted by molar-refractivity contribution is 5.43. The molecule has 3 nitrogen and oxygen atoms in total. The monoisotopic (exact) mass is 263 g/mol. The zero-order chi connectivity index (χ0) is 14.0. The van der Waals surface area contributed by atoms with Gasteiger partial charge in [0.2, 0.25) is 0 Å². The Morgan fingerprint density at radius 1 is 1.37 bits per heavy atom. The van der Waals surface area contributed by atoms with Gasteiger partial charge in [0, 0.05) is 18.0 Å². The van der Waals surface area contributed by atoms with Crippen molar-refractivity contribution in [2.45, 2.75) is 45.8 Å². The molecular weight excluding hydrogens is 238 g/mol. The third kappa shape index (κ3) is 3.41. The van der Waals surface area contributed by atoms with Gasteiger partial charge in [-0.25, -0.2) is 0 Å². The summed E-state index contributed by atoms with van der Waals surface area (Å²) in [5.41, 5.74) is 1.49. The molecule has 0 saturated carbocycles. The van der Waals surface area contributed by atoms with Gasteiger partial charge < -0.3 is 14.8 Å². The summed E-state index contributed by atoms with van der Waals surface area (Å²) in [4.78, 5) is 0. The Balaban J connectivity index is 2.23. The van der Waals surface area contributed by atoms with Crippen LogP contribution in [0.4, 0.5) is 0 Å². The van der Waals surface area contributed by atoms with Gasteiger partial charge in [-0.05, 0) is 37.1 Å². The molecule has 0 aromatic heterocycles. The first kappa shape index (κ1) is 14.2. The Morgan fingerprint density at radius 2 is 2.11 bits per heavy atom. The molecule has 1 aliphatic heterocycles. The molecule has 2 unspecified atom stereocenters. The minimum atomic E-state index is 0.276. The SMILES string of the molecule is CNC1CC(CC(C)(C)C)Oc2ccc(OC)cc21. The van der Waals surface area contributed by atoms with Gasteiger partial charge in [-0.2, -0.15) is 0 Å². The van der Waals surface area contributed by atoms with Crippen molar-refractivity contribution in [3.63, 3.8) is 0 Å². The van der Waals surface area contributed by atoms with E-state index >= 15 is 0 Å². The number of benzene rings is 1. The van der Waals surface area contributed by atoms with Crippen molar-refractivity contribution in [2.24, 2.45) is 5.41 Å². The van der Waals surface area contributed by atoms with Crippen LogP contribution in [0.1, 0.15) is 45.2 Å². The van der Waals surface area contributed by atoms with Crippen LogP contribution >= 0.6 is 0 Å². The summed E-state index contributed by atoms with van der Waals surface area (Å²) < 4.78 is 11.4. The fraction of sp³-hybridized carbons (Fsp3) is 0.625. The third-order valence-electron chi connectivity index (χ3n) is 3.57. The minimum absolute atomic E-state index is 0.276. The molecule has 0 radical (unpaired) electrons. The van der Waals surface area contributed by atoms with Crippen molar-refractivity contribution in [1.29, 1.82) is 0 Å². The second-order valence-corrected chi connectivity index (χ2v) is 6.49. The second-order valence-electron chi connectivity index (χ2n) is 6.49. The number of nitrogens with one attached hydrogen (secondary N) is 1. The van der Waals surface area contributed by atoms with Crippen LogP contribution in [0.3, 0.4) is 0 Å². The number of hydrogen-bond donors (Lipinski definition) is 1. The highest BCUT2D eigenvalue weighted by Crippen LogP contribution is 2.39. The van der Waals surface area contributed by atoms with Crippen molar-refractivity contribution in [3.8, 4) is 11.5 Å². The van der Waals surface area contributed by atoms with Gasteiger partial charge in [0.15, 0.2) is 0 Å². The summed E-state index contributed by atoms with van der Waals surface area (Å²) >= 11 is 0. The fourth-order valence-electron chi connectivity index (χ4n) is 2.73. The maximum Gasteiger partial charge on any atom is 0.124 e. The summed E-state index contributed by atoms with van der Waals surface area (Å²) in [5.74, 6) is 1.87. The Kier molecular flexibility index (Phi) is 4.04. The second kappa shape index (κ2) is 5.41. The van der Waals surface area contributed by atoms with Crippen LogP contribution in [0.5, 0.6) is 11.5 Å². The molecular formula is C16H25NO2. The van der Waals surface area contributed by atoms with Crippen LogP contribution in [0.25, 0.3) is 0 Å². The molecule has 3 heteroatoms. The molecule has 0 aliphatic carbocycles. The van der Waals surface area contributed by atoms with Crippen molar-refractivity contribution in [3.05, 3.63) is 23.8 Å². The normalized spacial score (nSPS) is 22.6. The third-order valence-corrected chi connectivity index (χ3v) is 3.57. The molecule has 0 saturated heterocycles. The predicted molar refractivity (Wildman–Crippen MR) is 77.9 cm³/mol. The molecule has 2 atom stereocenters. The Labute approximate surface area is 116 Å². The van der Waals surface area contributed by atoms with Gasteiger partial charge >= 0.3 is 0 Å². The molecule has 0 spiro atoms. The van der Waals surface area contributed by atoms with Crippen molar-refractivity contribution < 1.29 is 9.47 Å². The van der Waals surface area contributed by atoms with Gasteiger partial charge in [-0.3, -0.25) is 0 Å². The van der Waals surface area contributed by atoms with E-state index in [4.69, 9.17) is 9.47 Å². The summed E-state index contributed by atoms with van der Waals surface area (Å²) in [7, 11) is 3.70. The zero-order valence-corrected chi connectivity index (χ0v) is 12.6. The quantitative estimate of drug-likeness (QED) is 0.904. The number of hydrogen-bond acceptors (Lipinski definition) is 3. The first-order valence-electron chi connectivity index (χ1n) is 6.95. The Bertz CT molecular complexity index is 437. The minimum Gasteiger partial charge on any atom is -0.497 e. The van der Waals surface area contributed by atoms with Crippen LogP contribution in [-0.4, -0.2) is 20.3 Å². The molecule has 0 amide bonds. The molecule has 1 aromatic carbocycles. The average molecular weight is 263 g/mol. The zero-order valence-electron chi connectivity index (χ0n) is 12.6. The van der Waals surface area contributed by atoms with Gasteiger partial charge in [0.05, 0.1) is 7.11 Å². The van der Waals surface area contributed by atoms with Crippen LogP contribution in [0, 0.1) is 5.41 Å². The van der Waals surface area contributed by atoms with Gasteiger partial charge in [0.25, 0.3) is 0 Å². The standard InChI is InChI=1S/C16H25NO2/c1-16(2,3)10-12-9-14(17-4)13-8-11(18-5)6-7-15(13)19-12/h6-8,12,14,17H,9-10H2,1-5H3. The molecule has 1 N–H and O–H groups in total. The predicted octanol–water partition coefficient (Wildman–Crippen LogP) is 3.54. The number of rotatable bonds is 3. The van der Waals surface area contributed by atoms with Crippen LogP contribution < -0.4 is 14.8 Å². The lowest BCUT2D eigenvalue weighted by molar-refractivity contribution is 0.106. The van der Waals surface area contributed by atoms with E-state index in [1.165, 1.54) is 5.56 Å². The molecule has 2 rings (SSSR count). The van der Waals surface area contributed by atoms with Gasteiger partial charge in [-0.1, -0.05) is 20.8 Å². The Morgan fingerprint density at radius 3 is 2.68 bits per heavy atom. The van der Waals surface area contributed by atoms with E-state index in [0.29, 0.717) is 6.04 Å². The van der Waals surface area contributed by atoms with E-state index in [1.807, 2.05) is 19.2 Å². The number of fused-ring (bicyclic) bond motifs is 1. The maximum atomic E-state index is 6.14. The van der Waals surface area contributed by atoms with E-state index in [0.717, 1.165) is 24.3 Å².